The van der Waals surface area contributed by atoms with E-state index in [-0.39, 0.29) is 0 Å². The zero-order chi connectivity index (χ0) is 14.1. The number of benzene rings is 1. The number of fused-ring (bicyclic) bond motifs is 2. The maximum atomic E-state index is 9.39. The molecule has 2 aliphatic rings. The molecule has 2 bridgehead atoms. The average Bonchev–Trinajstić information content (AvgIpc) is 2.70. The van der Waals surface area contributed by atoms with Gasteiger partial charge in [-0.3, -0.25) is 0 Å². The van der Waals surface area contributed by atoms with Gasteiger partial charge in [0.05, 0.1) is 11.3 Å². The fourth-order valence-corrected chi connectivity index (χ4v) is 4.21. The fourth-order valence-electron chi connectivity index (χ4n) is 3.85. The number of nitrogens with zero attached hydrogens (tertiary/aromatic N) is 2. The van der Waals surface area contributed by atoms with Gasteiger partial charge in [0.15, 0.2) is 0 Å². The molecule has 2 fully saturated rings. The summed E-state index contributed by atoms with van der Waals surface area (Å²) in [7, 11) is 0. The first-order chi connectivity index (χ1) is 9.72. The molecule has 0 aromatic heterocycles. The summed E-state index contributed by atoms with van der Waals surface area (Å²) in [6.45, 7) is 3.22. The third kappa shape index (κ3) is 2.45. The van der Waals surface area contributed by atoms with Crippen molar-refractivity contribution in [1.82, 2.24) is 5.32 Å². The summed E-state index contributed by atoms with van der Waals surface area (Å²) >= 11 is 3.46. The molecule has 0 amide bonds. The monoisotopic (exact) mass is 333 g/mol. The van der Waals surface area contributed by atoms with Gasteiger partial charge in [0, 0.05) is 22.6 Å². The average molecular weight is 334 g/mol. The van der Waals surface area contributed by atoms with E-state index >= 15 is 0 Å². The Morgan fingerprint density at radius 3 is 2.65 bits per heavy atom. The van der Waals surface area contributed by atoms with Crippen LogP contribution in [0.25, 0.3) is 0 Å². The van der Waals surface area contributed by atoms with Gasteiger partial charge >= 0.3 is 0 Å². The third-order valence-corrected chi connectivity index (χ3v) is 5.08. The van der Waals surface area contributed by atoms with E-state index in [1.165, 1.54) is 25.7 Å². The van der Waals surface area contributed by atoms with Gasteiger partial charge in [-0.15, -0.1) is 0 Å². The van der Waals surface area contributed by atoms with E-state index in [0.717, 1.165) is 22.3 Å². The normalized spacial score (nSPS) is 28.4. The quantitative estimate of drug-likeness (QED) is 0.920. The largest absolute Gasteiger partial charge is 0.364 e. The number of piperidine rings is 1. The molecule has 20 heavy (non-hydrogen) atoms. The molecule has 0 spiro atoms. The van der Waals surface area contributed by atoms with Crippen LogP contribution in [0.15, 0.2) is 22.7 Å². The number of anilines is 1. The van der Waals surface area contributed by atoms with E-state index in [0.29, 0.717) is 18.1 Å². The van der Waals surface area contributed by atoms with Gasteiger partial charge in [-0.05, 0) is 50.4 Å². The lowest BCUT2D eigenvalue weighted by Gasteiger charge is -2.41. The first-order valence-corrected chi connectivity index (χ1v) is 8.23. The zero-order valence-corrected chi connectivity index (χ0v) is 13.4. The van der Waals surface area contributed by atoms with Crippen LogP contribution in [0.3, 0.4) is 0 Å². The molecule has 3 rings (SSSR count). The standard InChI is InChI=1S/C16H20BrN3/c1-2-19-13-8-14-4-5-15(9-13)20(14)16-6-3-12(17)7-11(16)10-18/h3,6-7,13-15,19H,2,4-5,8-9H2,1H3. The van der Waals surface area contributed by atoms with E-state index in [2.05, 4.69) is 45.2 Å². The Balaban J connectivity index is 1.88. The van der Waals surface area contributed by atoms with Gasteiger partial charge in [-0.2, -0.15) is 5.26 Å². The van der Waals surface area contributed by atoms with Gasteiger partial charge in [0.1, 0.15) is 6.07 Å². The minimum atomic E-state index is 0.589. The van der Waals surface area contributed by atoms with Crippen molar-refractivity contribution in [2.45, 2.75) is 50.7 Å². The van der Waals surface area contributed by atoms with E-state index < -0.39 is 0 Å². The van der Waals surface area contributed by atoms with Crippen molar-refractivity contribution in [3.63, 3.8) is 0 Å². The second kappa shape index (κ2) is 5.75. The molecule has 106 valence electrons. The van der Waals surface area contributed by atoms with Crippen LogP contribution in [0, 0.1) is 11.3 Å². The smallest absolute Gasteiger partial charge is 0.101 e. The van der Waals surface area contributed by atoms with Crippen LogP contribution in [0.1, 0.15) is 38.2 Å². The van der Waals surface area contributed by atoms with Crippen LogP contribution in [0.2, 0.25) is 0 Å². The van der Waals surface area contributed by atoms with Crippen LogP contribution in [-0.2, 0) is 0 Å². The molecule has 2 heterocycles. The summed E-state index contributed by atoms with van der Waals surface area (Å²) in [5, 5.41) is 13.0. The van der Waals surface area contributed by atoms with Gasteiger partial charge in [0.25, 0.3) is 0 Å². The van der Waals surface area contributed by atoms with Crippen LogP contribution in [0.5, 0.6) is 0 Å². The highest BCUT2D eigenvalue weighted by atomic mass is 79.9. The molecule has 0 radical (unpaired) electrons. The van der Waals surface area contributed by atoms with E-state index in [1.54, 1.807) is 0 Å². The minimum Gasteiger partial charge on any atom is -0.364 e. The topological polar surface area (TPSA) is 39.1 Å². The minimum absolute atomic E-state index is 0.589. The highest BCUT2D eigenvalue weighted by Crippen LogP contribution is 2.41. The third-order valence-electron chi connectivity index (χ3n) is 4.58. The van der Waals surface area contributed by atoms with Crippen molar-refractivity contribution in [3.05, 3.63) is 28.2 Å². The van der Waals surface area contributed by atoms with Crippen molar-refractivity contribution in [1.29, 1.82) is 5.26 Å². The highest BCUT2D eigenvalue weighted by Gasteiger charge is 2.41. The van der Waals surface area contributed by atoms with Crippen LogP contribution >= 0.6 is 15.9 Å². The molecule has 2 atom stereocenters. The van der Waals surface area contributed by atoms with Gasteiger partial charge in [0.2, 0.25) is 0 Å². The predicted molar refractivity (Wildman–Crippen MR) is 84.8 cm³/mol. The highest BCUT2D eigenvalue weighted by molar-refractivity contribution is 9.10. The second-order valence-electron chi connectivity index (χ2n) is 5.79. The van der Waals surface area contributed by atoms with Crippen molar-refractivity contribution in [2.75, 3.05) is 11.4 Å². The number of halogens is 1. The number of hydrogen-bond donors (Lipinski definition) is 1. The second-order valence-corrected chi connectivity index (χ2v) is 6.71. The molecule has 1 aromatic rings. The summed E-state index contributed by atoms with van der Waals surface area (Å²) in [5.74, 6) is 0. The molecule has 2 unspecified atom stereocenters. The molecule has 1 aromatic carbocycles. The molecule has 4 heteroatoms. The van der Waals surface area contributed by atoms with E-state index in [4.69, 9.17) is 0 Å². The summed E-state index contributed by atoms with van der Waals surface area (Å²) in [4.78, 5) is 2.51. The van der Waals surface area contributed by atoms with Crippen LogP contribution in [0.4, 0.5) is 5.69 Å². The lowest BCUT2D eigenvalue weighted by atomic mass is 9.95. The zero-order valence-electron chi connectivity index (χ0n) is 11.8. The summed E-state index contributed by atoms with van der Waals surface area (Å²) < 4.78 is 0.979. The van der Waals surface area contributed by atoms with E-state index in [1.807, 2.05) is 12.1 Å². The molecule has 1 N–H and O–H groups in total. The van der Waals surface area contributed by atoms with Gasteiger partial charge < -0.3 is 10.2 Å². The maximum absolute atomic E-state index is 9.39. The first-order valence-electron chi connectivity index (χ1n) is 7.44. The Hall–Kier alpha value is -1.05. The number of nitrogens with one attached hydrogen (secondary N) is 1. The number of rotatable bonds is 3. The first kappa shape index (κ1) is 13.9. The van der Waals surface area contributed by atoms with Crippen molar-refractivity contribution in [2.24, 2.45) is 0 Å². The maximum Gasteiger partial charge on any atom is 0.101 e. The molecular formula is C16H20BrN3. The molecule has 0 saturated carbocycles. The Labute approximate surface area is 129 Å². The Bertz CT molecular complexity index is 523. The molecular weight excluding hydrogens is 314 g/mol. The van der Waals surface area contributed by atoms with Gasteiger partial charge in [-0.25, -0.2) is 0 Å². The number of hydrogen-bond acceptors (Lipinski definition) is 3. The Morgan fingerprint density at radius 1 is 1.35 bits per heavy atom. The van der Waals surface area contributed by atoms with E-state index in [9.17, 15) is 5.26 Å². The summed E-state index contributed by atoms with van der Waals surface area (Å²) in [6.07, 6.45) is 4.91. The van der Waals surface area contributed by atoms with Crippen molar-refractivity contribution in [3.8, 4) is 6.07 Å². The van der Waals surface area contributed by atoms with Crippen molar-refractivity contribution < 1.29 is 0 Å². The summed E-state index contributed by atoms with van der Waals surface area (Å²) in [5.41, 5.74) is 1.91. The predicted octanol–water partition coefficient (Wildman–Crippen LogP) is 3.43. The Morgan fingerprint density at radius 2 is 2.05 bits per heavy atom. The van der Waals surface area contributed by atoms with Crippen LogP contribution < -0.4 is 10.2 Å². The van der Waals surface area contributed by atoms with Crippen molar-refractivity contribution >= 4 is 21.6 Å². The molecule has 2 saturated heterocycles. The number of nitriles is 1. The Kier molecular flexibility index (Phi) is 4.00. The summed E-state index contributed by atoms with van der Waals surface area (Å²) in [6, 6.07) is 10.3. The molecule has 3 nitrogen and oxygen atoms in total. The molecule has 0 aliphatic carbocycles. The van der Waals surface area contributed by atoms with Gasteiger partial charge in [-0.1, -0.05) is 22.9 Å². The van der Waals surface area contributed by atoms with Crippen LogP contribution in [-0.4, -0.2) is 24.7 Å². The molecule has 2 aliphatic heterocycles. The SMILES string of the molecule is CCNC1CC2CCC(C1)N2c1ccc(Br)cc1C#N. The lowest BCUT2D eigenvalue weighted by Crippen LogP contribution is -2.49. The lowest BCUT2D eigenvalue weighted by molar-refractivity contribution is 0.361. The fraction of sp³-hybridized carbons (Fsp3) is 0.562.